The van der Waals surface area contributed by atoms with Crippen LogP contribution in [0.4, 0.5) is 8.78 Å². The van der Waals surface area contributed by atoms with Crippen LogP contribution < -0.4 is 0 Å². The van der Waals surface area contributed by atoms with E-state index in [1.54, 1.807) is 0 Å². The summed E-state index contributed by atoms with van der Waals surface area (Å²) >= 11 is 0. The zero-order chi connectivity index (χ0) is 17.2. The molecule has 0 atom stereocenters. The Kier molecular flexibility index (Phi) is 8.80. The second kappa shape index (κ2) is 9.46. The average Bonchev–Trinajstić information content (AvgIpc) is 2.42. The molecule has 0 saturated carbocycles. The fourth-order valence-electron chi connectivity index (χ4n) is 1.27. The predicted octanol–water partition coefficient (Wildman–Crippen LogP) is 1.35. The molecule has 10 heteroatoms. The van der Waals surface area contributed by atoms with Crippen molar-refractivity contribution in [3.63, 3.8) is 0 Å². The summed E-state index contributed by atoms with van der Waals surface area (Å²) in [7, 11) is -5.85. The number of carbonyl (C=O) groups excluding carboxylic acids is 2. The van der Waals surface area contributed by atoms with Gasteiger partial charge in [0.05, 0.1) is 6.61 Å². The number of halogens is 2. The van der Waals surface area contributed by atoms with Gasteiger partial charge in [-0.1, -0.05) is 19.4 Å². The molecule has 0 spiro atoms. The number of alkyl halides is 2. The molecule has 0 N–H and O–H groups in total. The van der Waals surface area contributed by atoms with Gasteiger partial charge in [-0.2, -0.15) is 8.78 Å². The van der Waals surface area contributed by atoms with Gasteiger partial charge in [-0.15, -0.1) is 0 Å². The third kappa shape index (κ3) is 8.67. The number of hydrogen-bond donors (Lipinski definition) is 0. The third-order valence-electron chi connectivity index (χ3n) is 2.45. The van der Waals surface area contributed by atoms with Crippen LogP contribution >= 0.6 is 0 Å². The minimum absolute atomic E-state index is 0.179. The first kappa shape index (κ1) is 20.5. The van der Waals surface area contributed by atoms with Crippen LogP contribution in [0.25, 0.3) is 0 Å². The minimum atomic E-state index is -5.85. The van der Waals surface area contributed by atoms with E-state index in [0.717, 1.165) is 6.08 Å². The number of esters is 2. The average molecular weight is 343 g/mol. The van der Waals surface area contributed by atoms with Crippen molar-refractivity contribution in [1.29, 1.82) is 0 Å². The van der Waals surface area contributed by atoms with Crippen LogP contribution in [0, 0.1) is 0 Å². The minimum Gasteiger partial charge on any atom is -0.743 e. The molecule has 0 aromatic heterocycles. The standard InChI is InChI=1S/C12H18F2O7S/c1-2-10(15)20-8-6-4-3-5-7-11(16)21-9-12(13,14)22(17,18)19/h2H,1,3-9H2,(H,17,18,19)/p-1. The van der Waals surface area contributed by atoms with Crippen molar-refractivity contribution in [2.45, 2.75) is 37.4 Å². The summed E-state index contributed by atoms with van der Waals surface area (Å²) in [6, 6.07) is 0. The number of rotatable bonds is 11. The molecule has 0 radical (unpaired) electrons. The quantitative estimate of drug-likeness (QED) is 0.241. The molecule has 0 bridgehead atoms. The Morgan fingerprint density at radius 3 is 2.27 bits per heavy atom. The molecule has 22 heavy (non-hydrogen) atoms. The fraction of sp³-hybridized carbons (Fsp3) is 0.667. The van der Waals surface area contributed by atoms with Crippen molar-refractivity contribution >= 4 is 22.1 Å². The van der Waals surface area contributed by atoms with Crippen molar-refractivity contribution in [2.75, 3.05) is 13.2 Å². The molecule has 0 aliphatic carbocycles. The van der Waals surface area contributed by atoms with Gasteiger partial charge in [0.2, 0.25) is 0 Å². The Hall–Kier alpha value is -1.55. The van der Waals surface area contributed by atoms with Crippen LogP contribution in [0.3, 0.4) is 0 Å². The van der Waals surface area contributed by atoms with Gasteiger partial charge in [-0.05, 0) is 12.8 Å². The van der Waals surface area contributed by atoms with E-state index in [1.807, 2.05) is 0 Å². The predicted molar refractivity (Wildman–Crippen MR) is 69.8 cm³/mol. The van der Waals surface area contributed by atoms with E-state index < -0.39 is 33.9 Å². The monoisotopic (exact) mass is 343 g/mol. The SMILES string of the molecule is C=CC(=O)OCCCCCCC(=O)OCC(F)(F)S(=O)(=O)[O-]. The van der Waals surface area contributed by atoms with Gasteiger partial charge in [-0.25, -0.2) is 13.2 Å². The van der Waals surface area contributed by atoms with E-state index in [2.05, 4.69) is 11.3 Å². The van der Waals surface area contributed by atoms with E-state index in [-0.39, 0.29) is 13.0 Å². The largest absolute Gasteiger partial charge is 0.743 e. The van der Waals surface area contributed by atoms with Gasteiger partial charge in [0, 0.05) is 12.5 Å². The summed E-state index contributed by atoms with van der Waals surface area (Å²) in [6.45, 7) is 1.65. The molecule has 0 aliphatic heterocycles. The summed E-state index contributed by atoms with van der Waals surface area (Å²) in [5.74, 6) is -1.54. The van der Waals surface area contributed by atoms with Crippen LogP contribution in [0.15, 0.2) is 12.7 Å². The smallest absolute Gasteiger partial charge is 0.367 e. The van der Waals surface area contributed by atoms with Crippen LogP contribution in [0.2, 0.25) is 0 Å². The van der Waals surface area contributed by atoms with E-state index in [4.69, 9.17) is 4.74 Å². The highest BCUT2D eigenvalue weighted by atomic mass is 32.2. The Labute approximate surface area is 127 Å². The molecule has 0 aromatic carbocycles. The van der Waals surface area contributed by atoms with Crippen LogP contribution in [-0.2, 0) is 29.2 Å². The van der Waals surface area contributed by atoms with Gasteiger partial charge >= 0.3 is 17.2 Å². The van der Waals surface area contributed by atoms with Crippen molar-refractivity contribution in [1.82, 2.24) is 0 Å². The lowest BCUT2D eigenvalue weighted by atomic mass is 10.1. The van der Waals surface area contributed by atoms with Crippen LogP contribution in [0.1, 0.15) is 32.1 Å². The molecule has 0 heterocycles. The third-order valence-corrected chi connectivity index (χ3v) is 3.30. The van der Waals surface area contributed by atoms with E-state index >= 15 is 0 Å². The highest BCUT2D eigenvalue weighted by Gasteiger charge is 2.39. The molecular formula is C12H17F2O7S-. The zero-order valence-electron chi connectivity index (χ0n) is 11.8. The summed E-state index contributed by atoms with van der Waals surface area (Å²) in [4.78, 5) is 21.8. The zero-order valence-corrected chi connectivity index (χ0v) is 12.6. The van der Waals surface area contributed by atoms with Gasteiger partial charge in [-0.3, -0.25) is 4.79 Å². The van der Waals surface area contributed by atoms with Crippen molar-refractivity contribution in [2.24, 2.45) is 0 Å². The van der Waals surface area contributed by atoms with Gasteiger partial charge < -0.3 is 14.0 Å². The molecule has 0 fully saturated rings. The topological polar surface area (TPSA) is 110 Å². The maximum absolute atomic E-state index is 12.7. The van der Waals surface area contributed by atoms with Gasteiger partial charge in [0.25, 0.3) is 0 Å². The molecule has 7 nitrogen and oxygen atoms in total. The lowest BCUT2D eigenvalue weighted by molar-refractivity contribution is -0.149. The number of unbranched alkanes of at least 4 members (excludes halogenated alkanes) is 3. The lowest BCUT2D eigenvalue weighted by Crippen LogP contribution is -2.34. The van der Waals surface area contributed by atoms with Crippen LogP contribution in [0.5, 0.6) is 0 Å². The molecule has 0 saturated heterocycles. The Morgan fingerprint density at radius 1 is 1.14 bits per heavy atom. The fourth-order valence-corrected chi connectivity index (χ4v) is 1.47. The summed E-state index contributed by atoms with van der Waals surface area (Å²) < 4.78 is 64.6. The summed E-state index contributed by atoms with van der Waals surface area (Å²) in [5.41, 5.74) is 0. The van der Waals surface area contributed by atoms with Gasteiger partial charge in [0.1, 0.15) is 0 Å². The number of ether oxygens (including phenoxy) is 2. The maximum atomic E-state index is 12.7. The Bertz CT molecular complexity index is 488. The molecule has 0 aromatic rings. The molecule has 0 rings (SSSR count). The van der Waals surface area contributed by atoms with Crippen molar-refractivity contribution in [3.05, 3.63) is 12.7 Å². The molecule has 0 aliphatic rings. The Morgan fingerprint density at radius 2 is 1.73 bits per heavy atom. The first-order valence-electron chi connectivity index (χ1n) is 6.38. The summed E-state index contributed by atoms with van der Waals surface area (Å²) in [5, 5.41) is -4.63. The second-order valence-corrected chi connectivity index (χ2v) is 5.79. The highest BCUT2D eigenvalue weighted by Crippen LogP contribution is 2.20. The summed E-state index contributed by atoms with van der Waals surface area (Å²) in [6.07, 6.45) is 2.97. The van der Waals surface area contributed by atoms with E-state index in [0.29, 0.717) is 25.7 Å². The first-order valence-corrected chi connectivity index (χ1v) is 7.79. The molecule has 0 amide bonds. The molecule has 128 valence electrons. The number of carbonyl (C=O) groups is 2. The number of hydrogen-bond acceptors (Lipinski definition) is 7. The second-order valence-electron chi connectivity index (χ2n) is 4.29. The van der Waals surface area contributed by atoms with Crippen molar-refractivity contribution < 1.29 is 40.8 Å². The molecule has 0 unspecified atom stereocenters. The van der Waals surface area contributed by atoms with E-state index in [1.165, 1.54) is 0 Å². The van der Waals surface area contributed by atoms with Crippen LogP contribution in [-0.4, -0.2) is 43.4 Å². The highest BCUT2D eigenvalue weighted by molar-refractivity contribution is 7.86. The van der Waals surface area contributed by atoms with Crippen molar-refractivity contribution in [3.8, 4) is 0 Å². The first-order chi connectivity index (χ1) is 10.1. The Balaban J connectivity index is 3.71. The normalized spacial score (nSPS) is 11.8. The maximum Gasteiger partial charge on any atom is 0.367 e. The lowest BCUT2D eigenvalue weighted by Gasteiger charge is -2.19. The van der Waals surface area contributed by atoms with Gasteiger partial charge in [0.15, 0.2) is 16.7 Å². The van der Waals surface area contributed by atoms with E-state index in [9.17, 15) is 31.3 Å². The molecular weight excluding hydrogens is 326 g/mol.